The second-order valence-electron chi connectivity index (χ2n) is 3.64. The predicted molar refractivity (Wildman–Crippen MR) is 75.3 cm³/mol. The summed E-state index contributed by atoms with van der Waals surface area (Å²) in [4.78, 5) is 11.9. The van der Waals surface area contributed by atoms with E-state index in [2.05, 4.69) is 22.6 Å². The second-order valence-corrected chi connectivity index (χ2v) is 4.80. The average Bonchev–Trinajstić information content (AvgIpc) is 2.35. The Morgan fingerprint density at radius 3 is 2.41 bits per heavy atom. The Morgan fingerprint density at radius 1 is 1.06 bits per heavy atom. The standard InChI is InChI=1S/C14H11IO2/c1-10-6-5-9-12(15)13(10)17-14(16)11-7-3-2-4-8-11/h2-9H,1H3. The van der Waals surface area contributed by atoms with Gasteiger partial charge in [-0.3, -0.25) is 0 Å². The van der Waals surface area contributed by atoms with Gasteiger partial charge in [-0.05, 0) is 53.3 Å². The molecular weight excluding hydrogens is 327 g/mol. The predicted octanol–water partition coefficient (Wildman–Crippen LogP) is 3.82. The Bertz CT molecular complexity index is 515. The summed E-state index contributed by atoms with van der Waals surface area (Å²) >= 11 is 2.16. The first kappa shape index (κ1) is 12.1. The maximum absolute atomic E-state index is 11.9. The van der Waals surface area contributed by atoms with Crippen LogP contribution in [0.3, 0.4) is 0 Å². The lowest BCUT2D eigenvalue weighted by atomic mass is 10.2. The van der Waals surface area contributed by atoms with E-state index in [1.807, 2.05) is 43.3 Å². The van der Waals surface area contributed by atoms with Gasteiger partial charge in [0.25, 0.3) is 0 Å². The molecular formula is C14H11IO2. The van der Waals surface area contributed by atoms with Gasteiger partial charge in [-0.15, -0.1) is 0 Å². The van der Waals surface area contributed by atoms with Crippen LogP contribution in [0.2, 0.25) is 0 Å². The van der Waals surface area contributed by atoms with Crippen molar-refractivity contribution in [1.82, 2.24) is 0 Å². The first-order chi connectivity index (χ1) is 8.18. The number of rotatable bonds is 2. The molecule has 17 heavy (non-hydrogen) atoms. The third-order valence-corrected chi connectivity index (χ3v) is 3.22. The minimum absolute atomic E-state index is 0.321. The molecule has 0 aromatic heterocycles. The Morgan fingerprint density at radius 2 is 1.76 bits per heavy atom. The van der Waals surface area contributed by atoms with E-state index < -0.39 is 0 Å². The Hall–Kier alpha value is -1.36. The molecule has 0 fully saturated rings. The largest absolute Gasteiger partial charge is 0.422 e. The quantitative estimate of drug-likeness (QED) is 0.473. The highest BCUT2D eigenvalue weighted by molar-refractivity contribution is 14.1. The summed E-state index contributed by atoms with van der Waals surface area (Å²) in [5.74, 6) is 0.319. The lowest BCUT2D eigenvalue weighted by molar-refractivity contribution is 0.0732. The topological polar surface area (TPSA) is 26.3 Å². The fraction of sp³-hybridized carbons (Fsp3) is 0.0714. The van der Waals surface area contributed by atoms with Gasteiger partial charge in [0.05, 0.1) is 9.13 Å². The van der Waals surface area contributed by atoms with Crippen LogP contribution in [-0.2, 0) is 0 Å². The third-order valence-electron chi connectivity index (χ3n) is 2.37. The molecule has 2 nitrogen and oxygen atoms in total. The fourth-order valence-electron chi connectivity index (χ4n) is 1.47. The number of halogens is 1. The Kier molecular flexibility index (Phi) is 3.78. The molecule has 2 aromatic rings. The van der Waals surface area contributed by atoms with Crippen LogP contribution < -0.4 is 4.74 Å². The molecule has 0 atom stereocenters. The Balaban J connectivity index is 2.25. The molecule has 0 radical (unpaired) electrons. The highest BCUT2D eigenvalue weighted by atomic mass is 127. The number of para-hydroxylation sites is 1. The van der Waals surface area contributed by atoms with Crippen molar-refractivity contribution in [3.05, 3.63) is 63.2 Å². The molecule has 0 saturated heterocycles. The van der Waals surface area contributed by atoms with Crippen molar-refractivity contribution < 1.29 is 9.53 Å². The molecule has 0 saturated carbocycles. The maximum Gasteiger partial charge on any atom is 0.343 e. The molecule has 2 rings (SSSR count). The van der Waals surface area contributed by atoms with Gasteiger partial charge >= 0.3 is 5.97 Å². The van der Waals surface area contributed by atoms with Crippen molar-refractivity contribution >= 4 is 28.6 Å². The summed E-state index contributed by atoms with van der Waals surface area (Å²) in [5, 5.41) is 0. The van der Waals surface area contributed by atoms with Crippen LogP contribution in [0.25, 0.3) is 0 Å². The smallest absolute Gasteiger partial charge is 0.343 e. The highest BCUT2D eigenvalue weighted by Crippen LogP contribution is 2.25. The fourth-order valence-corrected chi connectivity index (χ4v) is 2.21. The SMILES string of the molecule is Cc1cccc(I)c1OC(=O)c1ccccc1. The van der Waals surface area contributed by atoms with E-state index in [-0.39, 0.29) is 5.97 Å². The summed E-state index contributed by atoms with van der Waals surface area (Å²) in [6, 6.07) is 14.8. The van der Waals surface area contributed by atoms with E-state index in [0.29, 0.717) is 11.3 Å². The zero-order valence-electron chi connectivity index (χ0n) is 9.31. The molecule has 0 unspecified atom stereocenters. The first-order valence-electron chi connectivity index (χ1n) is 5.21. The summed E-state index contributed by atoms with van der Waals surface area (Å²) in [6.07, 6.45) is 0. The summed E-state index contributed by atoms with van der Waals surface area (Å²) in [7, 11) is 0. The average molecular weight is 338 g/mol. The number of ether oxygens (including phenoxy) is 1. The maximum atomic E-state index is 11.9. The van der Waals surface area contributed by atoms with Gasteiger partial charge in [0.1, 0.15) is 5.75 Å². The van der Waals surface area contributed by atoms with Crippen LogP contribution in [0.15, 0.2) is 48.5 Å². The molecule has 0 bridgehead atoms. The lowest BCUT2D eigenvalue weighted by Crippen LogP contribution is -2.09. The number of esters is 1. The van der Waals surface area contributed by atoms with Crippen molar-refractivity contribution in [1.29, 1.82) is 0 Å². The number of aryl methyl sites for hydroxylation is 1. The van der Waals surface area contributed by atoms with Gasteiger partial charge in [0.2, 0.25) is 0 Å². The van der Waals surface area contributed by atoms with Crippen molar-refractivity contribution in [2.24, 2.45) is 0 Å². The third kappa shape index (κ3) is 2.85. The van der Waals surface area contributed by atoms with Crippen molar-refractivity contribution in [2.75, 3.05) is 0 Å². The van der Waals surface area contributed by atoms with Gasteiger partial charge in [0, 0.05) is 0 Å². The van der Waals surface area contributed by atoms with Gasteiger partial charge in [-0.2, -0.15) is 0 Å². The van der Waals surface area contributed by atoms with E-state index in [1.165, 1.54) is 0 Å². The van der Waals surface area contributed by atoms with Crippen molar-refractivity contribution in [2.45, 2.75) is 6.92 Å². The highest BCUT2D eigenvalue weighted by Gasteiger charge is 2.11. The summed E-state index contributed by atoms with van der Waals surface area (Å²) in [5.41, 5.74) is 1.52. The lowest BCUT2D eigenvalue weighted by Gasteiger charge is -2.09. The van der Waals surface area contributed by atoms with E-state index in [1.54, 1.807) is 12.1 Å². The second kappa shape index (κ2) is 5.31. The molecule has 0 amide bonds. The molecule has 2 aromatic carbocycles. The molecule has 0 aliphatic rings. The zero-order chi connectivity index (χ0) is 12.3. The van der Waals surface area contributed by atoms with Gasteiger partial charge in [0.15, 0.2) is 0 Å². The number of carbonyl (C=O) groups excluding carboxylic acids is 1. The van der Waals surface area contributed by atoms with Crippen LogP contribution in [-0.4, -0.2) is 5.97 Å². The number of hydrogen-bond donors (Lipinski definition) is 0. The van der Waals surface area contributed by atoms with Gasteiger partial charge in [-0.1, -0.05) is 30.3 Å². The molecule has 0 spiro atoms. The molecule has 0 heterocycles. The van der Waals surface area contributed by atoms with E-state index in [0.717, 1.165) is 9.13 Å². The molecule has 0 N–H and O–H groups in total. The number of benzene rings is 2. The molecule has 0 aliphatic heterocycles. The Labute approximate surface area is 114 Å². The van der Waals surface area contributed by atoms with Crippen molar-refractivity contribution in [3.63, 3.8) is 0 Å². The van der Waals surface area contributed by atoms with E-state index in [9.17, 15) is 4.79 Å². The van der Waals surface area contributed by atoms with Crippen LogP contribution >= 0.6 is 22.6 Å². The van der Waals surface area contributed by atoms with E-state index in [4.69, 9.17) is 4.74 Å². The van der Waals surface area contributed by atoms with Crippen LogP contribution in [0.1, 0.15) is 15.9 Å². The molecule has 0 aliphatic carbocycles. The summed E-state index contributed by atoms with van der Waals surface area (Å²) in [6.45, 7) is 1.93. The van der Waals surface area contributed by atoms with Gasteiger partial charge < -0.3 is 4.74 Å². The number of hydrogen-bond acceptors (Lipinski definition) is 2. The molecule has 3 heteroatoms. The van der Waals surface area contributed by atoms with Crippen LogP contribution in [0.5, 0.6) is 5.75 Å². The normalized spacial score (nSPS) is 10.0. The number of carbonyl (C=O) groups is 1. The van der Waals surface area contributed by atoms with Crippen LogP contribution in [0.4, 0.5) is 0 Å². The van der Waals surface area contributed by atoms with Crippen molar-refractivity contribution in [3.8, 4) is 5.75 Å². The molecule has 86 valence electrons. The summed E-state index contributed by atoms with van der Waals surface area (Å²) < 4.78 is 6.35. The minimum atomic E-state index is -0.321. The van der Waals surface area contributed by atoms with E-state index >= 15 is 0 Å². The monoisotopic (exact) mass is 338 g/mol. The minimum Gasteiger partial charge on any atom is -0.422 e. The van der Waals surface area contributed by atoms with Crippen LogP contribution in [0, 0.1) is 10.5 Å². The van der Waals surface area contributed by atoms with Gasteiger partial charge in [-0.25, -0.2) is 4.79 Å². The zero-order valence-corrected chi connectivity index (χ0v) is 11.5. The first-order valence-corrected chi connectivity index (χ1v) is 6.28.